The zero-order valence-electron chi connectivity index (χ0n) is 16.6. The van der Waals surface area contributed by atoms with E-state index in [1.54, 1.807) is 12.1 Å². The minimum atomic E-state index is -4.47. The number of alkyl halides is 3. The highest BCUT2D eigenvalue weighted by atomic mass is 19.4. The van der Waals surface area contributed by atoms with E-state index in [0.717, 1.165) is 43.8 Å². The molecule has 1 aromatic heterocycles. The lowest BCUT2D eigenvalue weighted by molar-refractivity contribution is -0.137. The molecule has 31 heavy (non-hydrogen) atoms. The minimum Gasteiger partial charge on any atom is -0.398 e. The van der Waals surface area contributed by atoms with Crippen LogP contribution >= 0.6 is 0 Å². The Labute approximate surface area is 176 Å². The fourth-order valence-electron chi connectivity index (χ4n) is 3.53. The van der Waals surface area contributed by atoms with Crippen LogP contribution in [0.25, 0.3) is 5.69 Å². The number of nitrogen functional groups attached to an aromatic ring is 1. The molecule has 162 valence electrons. The number of rotatable bonds is 4. The van der Waals surface area contributed by atoms with Gasteiger partial charge in [-0.25, -0.2) is 4.68 Å². The summed E-state index contributed by atoms with van der Waals surface area (Å²) in [5.41, 5.74) is 6.90. The van der Waals surface area contributed by atoms with Crippen molar-refractivity contribution in [1.82, 2.24) is 14.8 Å². The van der Waals surface area contributed by atoms with Crippen molar-refractivity contribution < 1.29 is 18.0 Å². The molecule has 10 heteroatoms. The Morgan fingerprint density at radius 2 is 1.81 bits per heavy atom. The molecule has 0 unspecified atom stereocenters. The third-order valence-corrected chi connectivity index (χ3v) is 5.16. The van der Waals surface area contributed by atoms with Crippen molar-refractivity contribution in [2.24, 2.45) is 0 Å². The van der Waals surface area contributed by atoms with Gasteiger partial charge in [0.2, 0.25) is 5.95 Å². The van der Waals surface area contributed by atoms with E-state index in [0.29, 0.717) is 11.3 Å². The van der Waals surface area contributed by atoms with Crippen LogP contribution in [0.1, 0.15) is 35.2 Å². The van der Waals surface area contributed by atoms with Gasteiger partial charge in [-0.05, 0) is 55.7 Å². The van der Waals surface area contributed by atoms with Crippen LogP contribution in [0.4, 0.5) is 30.5 Å². The van der Waals surface area contributed by atoms with Crippen LogP contribution in [0.5, 0.6) is 0 Å². The minimum absolute atomic E-state index is 0.0369. The molecule has 0 bridgehead atoms. The molecular formula is C21H21F3N6O. The van der Waals surface area contributed by atoms with E-state index in [4.69, 9.17) is 5.73 Å². The summed E-state index contributed by atoms with van der Waals surface area (Å²) < 4.78 is 40.0. The lowest BCUT2D eigenvalue weighted by Gasteiger charge is -2.29. The van der Waals surface area contributed by atoms with E-state index in [1.165, 1.54) is 29.6 Å². The summed E-state index contributed by atoms with van der Waals surface area (Å²) in [6, 6.07) is 9.99. The van der Waals surface area contributed by atoms with Crippen molar-refractivity contribution in [3.63, 3.8) is 0 Å². The average molecular weight is 430 g/mol. The molecule has 0 aliphatic carbocycles. The van der Waals surface area contributed by atoms with E-state index in [1.807, 2.05) is 6.07 Å². The van der Waals surface area contributed by atoms with E-state index in [2.05, 4.69) is 20.3 Å². The standard InChI is InChI=1S/C21H21F3N6O/c22-21(23,24)14-5-4-6-16(11-14)30-13-26-20(28-30)27-19(31)17-12-15(7-8-18(17)25)29-9-2-1-3-10-29/h4-8,11-13H,1-3,9-10,25H2,(H,27,28,31). The van der Waals surface area contributed by atoms with Gasteiger partial charge in [0, 0.05) is 24.5 Å². The van der Waals surface area contributed by atoms with Gasteiger partial charge in [-0.1, -0.05) is 6.07 Å². The molecule has 0 atom stereocenters. The molecule has 1 amide bonds. The van der Waals surface area contributed by atoms with E-state index < -0.39 is 17.6 Å². The van der Waals surface area contributed by atoms with Gasteiger partial charge in [0.05, 0.1) is 16.8 Å². The fraction of sp³-hybridized carbons (Fsp3) is 0.286. The van der Waals surface area contributed by atoms with Gasteiger partial charge in [-0.3, -0.25) is 10.1 Å². The molecule has 4 rings (SSSR count). The first-order valence-corrected chi connectivity index (χ1v) is 9.86. The summed E-state index contributed by atoms with van der Waals surface area (Å²) >= 11 is 0. The number of hydrogen-bond acceptors (Lipinski definition) is 5. The Balaban J connectivity index is 1.52. The first-order chi connectivity index (χ1) is 14.8. The molecule has 1 aliphatic heterocycles. The van der Waals surface area contributed by atoms with Crippen LogP contribution in [-0.2, 0) is 6.18 Å². The van der Waals surface area contributed by atoms with Gasteiger partial charge in [0.25, 0.3) is 5.91 Å². The molecule has 7 nitrogen and oxygen atoms in total. The number of hydrogen-bond donors (Lipinski definition) is 2. The normalized spacial score (nSPS) is 14.5. The predicted octanol–water partition coefficient (Wildman–Crippen LogP) is 4.11. The van der Waals surface area contributed by atoms with Crippen molar-refractivity contribution in [3.8, 4) is 5.69 Å². The highest BCUT2D eigenvalue weighted by Crippen LogP contribution is 2.30. The predicted molar refractivity (Wildman–Crippen MR) is 111 cm³/mol. The zero-order chi connectivity index (χ0) is 22.0. The molecule has 3 N–H and O–H groups in total. The van der Waals surface area contributed by atoms with Crippen LogP contribution in [0.15, 0.2) is 48.8 Å². The number of nitrogens with one attached hydrogen (secondary N) is 1. The molecule has 3 aromatic rings. The number of amides is 1. The number of aromatic nitrogens is 3. The molecule has 1 fully saturated rings. The summed E-state index contributed by atoms with van der Waals surface area (Å²) in [6.45, 7) is 1.85. The van der Waals surface area contributed by atoms with Crippen molar-refractivity contribution in [2.45, 2.75) is 25.4 Å². The second-order valence-electron chi connectivity index (χ2n) is 7.33. The summed E-state index contributed by atoms with van der Waals surface area (Å²) in [4.78, 5) is 18.9. The van der Waals surface area contributed by atoms with Crippen molar-refractivity contribution in [2.75, 3.05) is 29.0 Å². The smallest absolute Gasteiger partial charge is 0.398 e. The molecular weight excluding hydrogens is 409 g/mol. The first-order valence-electron chi connectivity index (χ1n) is 9.86. The summed E-state index contributed by atoms with van der Waals surface area (Å²) in [6.07, 6.45) is 0.160. The number of benzene rings is 2. The molecule has 0 radical (unpaired) electrons. The molecule has 0 saturated carbocycles. The van der Waals surface area contributed by atoms with Gasteiger partial charge >= 0.3 is 6.18 Å². The maximum atomic E-state index is 12.9. The first kappa shape index (κ1) is 20.7. The quantitative estimate of drug-likeness (QED) is 0.608. The zero-order valence-corrected chi connectivity index (χ0v) is 16.6. The SMILES string of the molecule is Nc1ccc(N2CCCCC2)cc1C(=O)Nc1ncn(-c2cccc(C(F)(F)F)c2)n1. The highest BCUT2D eigenvalue weighted by molar-refractivity contribution is 6.07. The van der Waals surface area contributed by atoms with Gasteiger partial charge in [0.15, 0.2) is 0 Å². The van der Waals surface area contributed by atoms with Crippen molar-refractivity contribution in [1.29, 1.82) is 0 Å². The van der Waals surface area contributed by atoms with Gasteiger partial charge in [-0.2, -0.15) is 18.2 Å². The Bertz CT molecular complexity index is 1090. The number of nitrogens with zero attached hydrogens (tertiary/aromatic N) is 4. The van der Waals surface area contributed by atoms with Crippen LogP contribution in [0.2, 0.25) is 0 Å². The van der Waals surface area contributed by atoms with Crippen molar-refractivity contribution >= 4 is 23.2 Å². The van der Waals surface area contributed by atoms with Crippen LogP contribution in [0, 0.1) is 0 Å². The summed E-state index contributed by atoms with van der Waals surface area (Å²) in [5.74, 6) is -0.525. The molecule has 1 aliphatic rings. The second-order valence-corrected chi connectivity index (χ2v) is 7.33. The Morgan fingerprint density at radius 1 is 1.03 bits per heavy atom. The fourth-order valence-corrected chi connectivity index (χ4v) is 3.53. The maximum absolute atomic E-state index is 12.9. The summed E-state index contributed by atoms with van der Waals surface area (Å²) in [7, 11) is 0. The second kappa shape index (κ2) is 8.29. The van der Waals surface area contributed by atoms with E-state index >= 15 is 0 Å². The van der Waals surface area contributed by atoms with Crippen LogP contribution in [0.3, 0.4) is 0 Å². The van der Waals surface area contributed by atoms with Crippen LogP contribution < -0.4 is 16.0 Å². The molecule has 1 saturated heterocycles. The lowest BCUT2D eigenvalue weighted by atomic mass is 10.1. The number of piperidine rings is 1. The van der Waals surface area contributed by atoms with Gasteiger partial charge in [-0.15, -0.1) is 5.10 Å². The van der Waals surface area contributed by atoms with Crippen molar-refractivity contribution in [3.05, 3.63) is 59.9 Å². The largest absolute Gasteiger partial charge is 0.416 e. The van der Waals surface area contributed by atoms with E-state index in [9.17, 15) is 18.0 Å². The number of carbonyl (C=O) groups excluding carboxylic acids is 1. The van der Waals surface area contributed by atoms with E-state index in [-0.39, 0.29) is 11.6 Å². The molecule has 2 aromatic carbocycles. The Hall–Kier alpha value is -3.56. The molecule has 2 heterocycles. The third-order valence-electron chi connectivity index (χ3n) is 5.16. The average Bonchev–Trinajstić information content (AvgIpc) is 3.22. The number of anilines is 3. The monoisotopic (exact) mass is 430 g/mol. The maximum Gasteiger partial charge on any atom is 0.416 e. The lowest BCUT2D eigenvalue weighted by Crippen LogP contribution is -2.29. The molecule has 0 spiro atoms. The Morgan fingerprint density at radius 3 is 2.55 bits per heavy atom. The topological polar surface area (TPSA) is 89.1 Å². The van der Waals surface area contributed by atoms with Gasteiger partial charge < -0.3 is 10.6 Å². The number of halogens is 3. The number of nitrogens with two attached hydrogens (primary N) is 1. The third kappa shape index (κ3) is 4.62. The highest BCUT2D eigenvalue weighted by Gasteiger charge is 2.30. The van der Waals surface area contributed by atoms with Crippen LogP contribution in [-0.4, -0.2) is 33.8 Å². The van der Waals surface area contributed by atoms with Gasteiger partial charge in [0.1, 0.15) is 6.33 Å². The Kier molecular flexibility index (Phi) is 5.53. The summed E-state index contributed by atoms with van der Waals surface area (Å²) in [5, 5.41) is 6.63. The number of carbonyl (C=O) groups is 1.